The average Bonchev–Trinajstić information content (AvgIpc) is 2.65. The Balaban J connectivity index is 2.34. The molecule has 13 heavy (non-hydrogen) atoms. The van der Waals surface area contributed by atoms with Gasteiger partial charge < -0.3 is 0 Å². The van der Waals surface area contributed by atoms with Crippen LogP contribution in [0.15, 0.2) is 18.6 Å². The molecule has 0 aromatic carbocycles. The van der Waals surface area contributed by atoms with E-state index in [4.69, 9.17) is 0 Å². The molecule has 0 atom stereocenters. The van der Waals surface area contributed by atoms with Gasteiger partial charge in [0.25, 0.3) is 0 Å². The Bertz CT molecular complexity index is 444. The summed E-state index contributed by atoms with van der Waals surface area (Å²) in [6, 6.07) is 2.20. The van der Waals surface area contributed by atoms with Gasteiger partial charge in [0.15, 0.2) is 5.65 Å². The van der Waals surface area contributed by atoms with Crippen molar-refractivity contribution in [2.45, 2.75) is 25.7 Å². The van der Waals surface area contributed by atoms with Crippen molar-refractivity contribution >= 4 is 5.65 Å². The molecule has 0 fully saturated rings. The lowest BCUT2D eigenvalue weighted by Crippen LogP contribution is -2.05. The highest BCUT2D eigenvalue weighted by Gasteiger charge is 2.13. The van der Waals surface area contributed by atoms with Crippen LogP contribution in [-0.4, -0.2) is 14.6 Å². The maximum absolute atomic E-state index is 4.14. The van der Waals surface area contributed by atoms with Gasteiger partial charge in [0.2, 0.25) is 0 Å². The molecule has 0 bridgehead atoms. The van der Waals surface area contributed by atoms with E-state index >= 15 is 0 Å². The Morgan fingerprint density at radius 3 is 3.15 bits per heavy atom. The number of fused-ring (bicyclic) bond motifs is 3. The third kappa shape index (κ3) is 0.963. The first-order chi connectivity index (χ1) is 6.45. The van der Waals surface area contributed by atoms with Gasteiger partial charge in [0.1, 0.15) is 6.33 Å². The van der Waals surface area contributed by atoms with Gasteiger partial charge in [-0.05, 0) is 37.3 Å². The predicted octanol–water partition coefficient (Wildman–Crippen LogP) is 1.61. The van der Waals surface area contributed by atoms with Crippen molar-refractivity contribution < 1.29 is 0 Å². The molecule has 66 valence electrons. The lowest BCUT2D eigenvalue weighted by Gasteiger charge is -2.15. The molecule has 0 aliphatic heterocycles. The number of pyridine rings is 1. The lowest BCUT2D eigenvalue weighted by atomic mass is 9.93. The molecule has 2 heterocycles. The fourth-order valence-corrected chi connectivity index (χ4v) is 2.11. The summed E-state index contributed by atoms with van der Waals surface area (Å²) in [5, 5.41) is 8.07. The standard InChI is InChI=1S/C10H11N3/c1-2-4-9-8(3-1)5-6-13-7-11-12-10(9)13/h5-7H,1-4H2. The minimum absolute atomic E-state index is 1.05. The van der Waals surface area contributed by atoms with Crippen LogP contribution in [0, 0.1) is 0 Å². The van der Waals surface area contributed by atoms with Gasteiger partial charge in [0.05, 0.1) is 0 Å². The van der Waals surface area contributed by atoms with Crippen LogP contribution in [0.2, 0.25) is 0 Å². The van der Waals surface area contributed by atoms with E-state index in [1.807, 2.05) is 4.40 Å². The van der Waals surface area contributed by atoms with E-state index in [0.717, 1.165) is 5.65 Å². The van der Waals surface area contributed by atoms with Gasteiger partial charge in [0, 0.05) is 11.8 Å². The Kier molecular flexibility index (Phi) is 1.39. The van der Waals surface area contributed by atoms with Crippen molar-refractivity contribution in [1.82, 2.24) is 14.6 Å². The van der Waals surface area contributed by atoms with Crippen LogP contribution in [-0.2, 0) is 12.8 Å². The molecule has 1 aliphatic rings. The minimum atomic E-state index is 1.05. The summed E-state index contributed by atoms with van der Waals surface area (Å²) in [6.07, 6.45) is 8.80. The van der Waals surface area contributed by atoms with Crippen LogP contribution in [0.5, 0.6) is 0 Å². The summed E-state index contributed by atoms with van der Waals surface area (Å²) in [5.41, 5.74) is 3.93. The first kappa shape index (κ1) is 7.06. The van der Waals surface area contributed by atoms with Crippen molar-refractivity contribution in [2.24, 2.45) is 0 Å². The van der Waals surface area contributed by atoms with E-state index in [-0.39, 0.29) is 0 Å². The van der Waals surface area contributed by atoms with E-state index in [1.54, 1.807) is 6.33 Å². The molecule has 0 N–H and O–H groups in total. The molecule has 2 aromatic rings. The van der Waals surface area contributed by atoms with Crippen LogP contribution in [0.3, 0.4) is 0 Å². The summed E-state index contributed by atoms with van der Waals surface area (Å²) in [6.45, 7) is 0. The van der Waals surface area contributed by atoms with E-state index in [2.05, 4.69) is 22.5 Å². The molecule has 3 nitrogen and oxygen atoms in total. The van der Waals surface area contributed by atoms with Crippen LogP contribution in [0.1, 0.15) is 24.0 Å². The molecule has 0 spiro atoms. The SMILES string of the molecule is c1cn2cnnc2c2c1CCCC2. The summed E-state index contributed by atoms with van der Waals surface area (Å²) in [7, 11) is 0. The highest BCUT2D eigenvalue weighted by Crippen LogP contribution is 2.23. The van der Waals surface area contributed by atoms with Gasteiger partial charge in [-0.25, -0.2) is 0 Å². The first-order valence-electron chi connectivity index (χ1n) is 4.75. The fraction of sp³-hybridized carbons (Fsp3) is 0.400. The third-order valence-electron chi connectivity index (χ3n) is 2.79. The summed E-state index contributed by atoms with van der Waals surface area (Å²) in [5.74, 6) is 0. The molecular formula is C10H11N3. The lowest BCUT2D eigenvalue weighted by molar-refractivity contribution is 0.684. The van der Waals surface area contributed by atoms with Crippen molar-refractivity contribution in [3.8, 4) is 0 Å². The van der Waals surface area contributed by atoms with Gasteiger partial charge in [-0.2, -0.15) is 0 Å². The molecule has 0 unspecified atom stereocenters. The molecule has 2 aromatic heterocycles. The topological polar surface area (TPSA) is 30.2 Å². The second kappa shape index (κ2) is 2.55. The number of aryl methyl sites for hydroxylation is 2. The van der Waals surface area contributed by atoms with Crippen LogP contribution in [0.4, 0.5) is 0 Å². The molecular weight excluding hydrogens is 162 g/mol. The van der Waals surface area contributed by atoms with Crippen molar-refractivity contribution in [1.29, 1.82) is 0 Å². The molecule has 3 rings (SSSR count). The van der Waals surface area contributed by atoms with Crippen molar-refractivity contribution in [2.75, 3.05) is 0 Å². The maximum atomic E-state index is 4.14. The minimum Gasteiger partial charge on any atom is -0.289 e. The largest absolute Gasteiger partial charge is 0.289 e. The molecule has 1 aliphatic carbocycles. The third-order valence-corrected chi connectivity index (χ3v) is 2.79. The zero-order valence-electron chi connectivity index (χ0n) is 7.40. The number of hydrogen-bond donors (Lipinski definition) is 0. The summed E-state index contributed by atoms with van der Waals surface area (Å²) >= 11 is 0. The molecule has 0 amide bonds. The predicted molar refractivity (Wildman–Crippen MR) is 49.6 cm³/mol. The summed E-state index contributed by atoms with van der Waals surface area (Å²) < 4.78 is 2.00. The van der Waals surface area contributed by atoms with Gasteiger partial charge in [-0.3, -0.25) is 4.40 Å². The average molecular weight is 173 g/mol. The molecule has 0 saturated carbocycles. The second-order valence-corrected chi connectivity index (χ2v) is 3.59. The number of aromatic nitrogens is 3. The normalized spacial score (nSPS) is 16.0. The van der Waals surface area contributed by atoms with Gasteiger partial charge in [-0.15, -0.1) is 10.2 Å². The smallest absolute Gasteiger partial charge is 0.164 e. The Morgan fingerprint density at radius 2 is 2.15 bits per heavy atom. The van der Waals surface area contributed by atoms with Crippen LogP contribution < -0.4 is 0 Å². The molecule has 0 radical (unpaired) electrons. The van der Waals surface area contributed by atoms with Crippen LogP contribution in [0.25, 0.3) is 5.65 Å². The summed E-state index contributed by atoms with van der Waals surface area (Å²) in [4.78, 5) is 0. The van der Waals surface area contributed by atoms with E-state index in [1.165, 1.54) is 36.8 Å². The molecule has 3 heteroatoms. The fourth-order valence-electron chi connectivity index (χ4n) is 2.11. The van der Waals surface area contributed by atoms with E-state index < -0.39 is 0 Å². The highest BCUT2D eigenvalue weighted by atomic mass is 15.2. The quantitative estimate of drug-likeness (QED) is 0.605. The molecule has 0 saturated heterocycles. The van der Waals surface area contributed by atoms with Gasteiger partial charge in [-0.1, -0.05) is 0 Å². The van der Waals surface area contributed by atoms with E-state index in [9.17, 15) is 0 Å². The Labute approximate surface area is 76.4 Å². The monoisotopic (exact) mass is 173 g/mol. The first-order valence-corrected chi connectivity index (χ1v) is 4.75. The second-order valence-electron chi connectivity index (χ2n) is 3.59. The number of hydrogen-bond acceptors (Lipinski definition) is 2. The van der Waals surface area contributed by atoms with Crippen LogP contribution >= 0.6 is 0 Å². The maximum Gasteiger partial charge on any atom is 0.164 e. The van der Waals surface area contributed by atoms with Crippen molar-refractivity contribution in [3.63, 3.8) is 0 Å². The Morgan fingerprint density at radius 1 is 1.23 bits per heavy atom. The zero-order chi connectivity index (χ0) is 8.67. The van der Waals surface area contributed by atoms with Crippen molar-refractivity contribution in [3.05, 3.63) is 29.7 Å². The Hall–Kier alpha value is -1.38. The highest BCUT2D eigenvalue weighted by molar-refractivity contribution is 5.51. The van der Waals surface area contributed by atoms with E-state index in [0.29, 0.717) is 0 Å². The van der Waals surface area contributed by atoms with Gasteiger partial charge >= 0.3 is 0 Å². The number of nitrogens with zero attached hydrogens (tertiary/aromatic N) is 3. The zero-order valence-corrected chi connectivity index (χ0v) is 7.40. The number of rotatable bonds is 0.